The summed E-state index contributed by atoms with van der Waals surface area (Å²) in [7, 11) is 0. The van der Waals surface area contributed by atoms with Gasteiger partial charge in [-0.25, -0.2) is 4.98 Å². The van der Waals surface area contributed by atoms with Gasteiger partial charge in [0.2, 0.25) is 11.8 Å². The number of amides is 1. The molecule has 132 valence electrons. The molecule has 0 radical (unpaired) electrons. The number of rotatable bonds is 6. The molecule has 1 saturated heterocycles. The Morgan fingerprint density at radius 3 is 2.68 bits per heavy atom. The van der Waals surface area contributed by atoms with Crippen molar-refractivity contribution in [2.24, 2.45) is 0 Å². The number of aromatic nitrogens is 1. The molecule has 0 atom stereocenters. The minimum Gasteiger partial charge on any atom is -0.470 e. The SMILES string of the molecule is CC(C)Sc1ccc(CC(=O)N2CC(Oc3ncccc3Br)C2)cc1. The van der Waals surface area contributed by atoms with Crippen molar-refractivity contribution in [1.82, 2.24) is 9.88 Å². The zero-order chi connectivity index (χ0) is 17.8. The predicted molar refractivity (Wildman–Crippen MR) is 104 cm³/mol. The molecule has 0 bridgehead atoms. The highest BCUT2D eigenvalue weighted by Crippen LogP contribution is 2.25. The van der Waals surface area contributed by atoms with Crippen molar-refractivity contribution in [1.29, 1.82) is 0 Å². The Morgan fingerprint density at radius 1 is 1.32 bits per heavy atom. The Balaban J connectivity index is 1.47. The first-order valence-electron chi connectivity index (χ1n) is 8.32. The maximum Gasteiger partial charge on any atom is 0.228 e. The number of likely N-dealkylation sites (tertiary alicyclic amines) is 1. The number of carbonyl (C=O) groups excluding carboxylic acids is 1. The fraction of sp³-hybridized carbons (Fsp3) is 0.368. The first kappa shape index (κ1) is 18.3. The maximum atomic E-state index is 12.4. The summed E-state index contributed by atoms with van der Waals surface area (Å²) in [6.45, 7) is 5.58. The van der Waals surface area contributed by atoms with E-state index in [1.54, 1.807) is 6.20 Å². The van der Waals surface area contributed by atoms with Crippen LogP contribution in [-0.2, 0) is 11.2 Å². The lowest BCUT2D eigenvalue weighted by molar-refractivity contribution is -0.139. The van der Waals surface area contributed by atoms with Crippen LogP contribution in [0.5, 0.6) is 5.88 Å². The third kappa shape index (κ3) is 4.98. The van der Waals surface area contributed by atoms with Gasteiger partial charge >= 0.3 is 0 Å². The number of carbonyl (C=O) groups is 1. The van der Waals surface area contributed by atoms with Crippen LogP contribution in [0.4, 0.5) is 0 Å². The lowest BCUT2D eigenvalue weighted by atomic mass is 10.1. The summed E-state index contributed by atoms with van der Waals surface area (Å²) in [4.78, 5) is 19.6. The van der Waals surface area contributed by atoms with E-state index in [0.717, 1.165) is 10.0 Å². The number of pyridine rings is 1. The van der Waals surface area contributed by atoms with E-state index in [0.29, 0.717) is 30.6 Å². The van der Waals surface area contributed by atoms with E-state index in [-0.39, 0.29) is 12.0 Å². The molecule has 0 N–H and O–H groups in total. The highest BCUT2D eigenvalue weighted by Gasteiger charge is 2.32. The average Bonchev–Trinajstić information content (AvgIpc) is 2.53. The van der Waals surface area contributed by atoms with Crippen molar-refractivity contribution < 1.29 is 9.53 Å². The second-order valence-corrected chi connectivity index (χ2v) is 8.82. The molecule has 1 aliphatic rings. The van der Waals surface area contributed by atoms with E-state index in [1.807, 2.05) is 40.9 Å². The monoisotopic (exact) mass is 420 g/mol. The van der Waals surface area contributed by atoms with Crippen LogP contribution in [0.2, 0.25) is 0 Å². The summed E-state index contributed by atoms with van der Waals surface area (Å²) in [5, 5.41) is 0.560. The molecule has 6 heteroatoms. The largest absolute Gasteiger partial charge is 0.470 e. The quantitative estimate of drug-likeness (QED) is 0.657. The third-order valence-corrected chi connectivity index (χ3v) is 5.47. The van der Waals surface area contributed by atoms with Gasteiger partial charge in [-0.2, -0.15) is 0 Å². The van der Waals surface area contributed by atoms with Crippen molar-refractivity contribution in [3.8, 4) is 5.88 Å². The number of ether oxygens (including phenoxy) is 1. The molecule has 0 aliphatic carbocycles. The Kier molecular flexibility index (Phi) is 6.02. The maximum absolute atomic E-state index is 12.4. The van der Waals surface area contributed by atoms with Gasteiger partial charge in [-0.05, 0) is 45.8 Å². The minimum atomic E-state index is 0.0139. The highest BCUT2D eigenvalue weighted by atomic mass is 79.9. The van der Waals surface area contributed by atoms with E-state index in [9.17, 15) is 4.79 Å². The Bertz CT molecular complexity index is 730. The number of thioether (sulfide) groups is 1. The summed E-state index contributed by atoms with van der Waals surface area (Å²) in [5.41, 5.74) is 1.05. The van der Waals surface area contributed by atoms with Gasteiger partial charge < -0.3 is 9.64 Å². The Hall–Kier alpha value is -1.53. The van der Waals surface area contributed by atoms with Gasteiger partial charge in [0.15, 0.2) is 0 Å². The van der Waals surface area contributed by atoms with Crippen molar-refractivity contribution in [2.45, 2.75) is 36.5 Å². The molecular weight excluding hydrogens is 400 g/mol. The van der Waals surface area contributed by atoms with Gasteiger partial charge in [-0.1, -0.05) is 26.0 Å². The zero-order valence-electron chi connectivity index (χ0n) is 14.3. The molecule has 2 heterocycles. The average molecular weight is 421 g/mol. The fourth-order valence-corrected chi connectivity index (χ4v) is 3.76. The lowest BCUT2D eigenvalue weighted by Gasteiger charge is -2.38. The molecule has 1 aromatic heterocycles. The summed E-state index contributed by atoms with van der Waals surface area (Å²) < 4.78 is 6.64. The molecule has 1 fully saturated rings. The van der Waals surface area contributed by atoms with Crippen LogP contribution < -0.4 is 4.74 Å². The molecule has 0 saturated carbocycles. The fourth-order valence-electron chi connectivity index (χ4n) is 2.58. The van der Waals surface area contributed by atoms with Gasteiger partial charge in [0.25, 0.3) is 0 Å². The molecule has 1 amide bonds. The molecule has 4 nitrogen and oxygen atoms in total. The molecule has 1 aromatic carbocycles. The lowest BCUT2D eigenvalue weighted by Crippen LogP contribution is -2.56. The number of nitrogens with zero attached hydrogens (tertiary/aromatic N) is 2. The van der Waals surface area contributed by atoms with Gasteiger partial charge in [-0.3, -0.25) is 4.79 Å². The van der Waals surface area contributed by atoms with Crippen LogP contribution in [0.15, 0.2) is 52.0 Å². The molecule has 3 rings (SSSR count). The molecule has 0 spiro atoms. The molecule has 25 heavy (non-hydrogen) atoms. The highest BCUT2D eigenvalue weighted by molar-refractivity contribution is 9.10. The van der Waals surface area contributed by atoms with E-state index in [4.69, 9.17) is 4.74 Å². The Labute approximate surface area is 161 Å². The number of hydrogen-bond acceptors (Lipinski definition) is 4. The van der Waals surface area contributed by atoms with Crippen molar-refractivity contribution in [3.63, 3.8) is 0 Å². The topological polar surface area (TPSA) is 42.4 Å². The predicted octanol–water partition coefficient (Wildman–Crippen LogP) is 4.18. The summed E-state index contributed by atoms with van der Waals surface area (Å²) in [6.07, 6.45) is 2.15. The van der Waals surface area contributed by atoms with Crippen LogP contribution in [0, 0.1) is 0 Å². The third-order valence-electron chi connectivity index (χ3n) is 3.85. The summed E-state index contributed by atoms with van der Waals surface area (Å²) >= 11 is 5.25. The van der Waals surface area contributed by atoms with Gasteiger partial charge in [0, 0.05) is 16.3 Å². The number of halogens is 1. The molecule has 2 aromatic rings. The van der Waals surface area contributed by atoms with Crippen LogP contribution in [0.3, 0.4) is 0 Å². The van der Waals surface area contributed by atoms with E-state index >= 15 is 0 Å². The van der Waals surface area contributed by atoms with Crippen LogP contribution in [-0.4, -0.2) is 40.2 Å². The smallest absolute Gasteiger partial charge is 0.228 e. The van der Waals surface area contributed by atoms with Gasteiger partial charge in [0.05, 0.1) is 24.0 Å². The first-order chi connectivity index (χ1) is 12.0. The second-order valence-electron chi connectivity index (χ2n) is 6.32. The van der Waals surface area contributed by atoms with Crippen molar-refractivity contribution >= 4 is 33.6 Å². The molecule has 1 aliphatic heterocycles. The van der Waals surface area contributed by atoms with E-state index in [1.165, 1.54) is 4.90 Å². The molecule has 0 unspecified atom stereocenters. The summed E-state index contributed by atoms with van der Waals surface area (Å²) in [5.74, 6) is 0.724. The number of benzene rings is 1. The first-order valence-corrected chi connectivity index (χ1v) is 9.99. The van der Waals surface area contributed by atoms with Crippen LogP contribution in [0.25, 0.3) is 0 Å². The van der Waals surface area contributed by atoms with E-state index in [2.05, 4.69) is 46.9 Å². The molecular formula is C19H21BrN2O2S. The van der Waals surface area contributed by atoms with Crippen LogP contribution >= 0.6 is 27.7 Å². The number of hydrogen-bond donors (Lipinski definition) is 0. The standard InChI is InChI=1S/C19H21BrN2O2S/c1-13(2)25-16-7-5-14(6-8-16)10-18(23)22-11-15(12-22)24-19-17(20)4-3-9-21-19/h3-9,13,15H,10-12H2,1-2H3. The van der Waals surface area contributed by atoms with Gasteiger partial charge in [0.1, 0.15) is 6.10 Å². The van der Waals surface area contributed by atoms with Crippen molar-refractivity contribution in [2.75, 3.05) is 13.1 Å². The van der Waals surface area contributed by atoms with Gasteiger partial charge in [-0.15, -0.1) is 11.8 Å². The van der Waals surface area contributed by atoms with E-state index < -0.39 is 0 Å². The Morgan fingerprint density at radius 2 is 2.04 bits per heavy atom. The normalized spacial score (nSPS) is 14.5. The second kappa shape index (κ2) is 8.23. The zero-order valence-corrected chi connectivity index (χ0v) is 16.7. The van der Waals surface area contributed by atoms with Crippen LogP contribution in [0.1, 0.15) is 19.4 Å². The minimum absolute atomic E-state index is 0.0139. The van der Waals surface area contributed by atoms with Crippen molar-refractivity contribution in [3.05, 3.63) is 52.6 Å². The summed E-state index contributed by atoms with van der Waals surface area (Å²) in [6, 6.07) is 12.0.